The van der Waals surface area contributed by atoms with Crippen LogP contribution in [0.3, 0.4) is 0 Å². The minimum Gasteiger partial charge on any atom is -0.463 e. The quantitative estimate of drug-likeness (QED) is 0.800. The van der Waals surface area contributed by atoms with Crippen LogP contribution in [-0.2, 0) is 20.3 Å². The predicted molar refractivity (Wildman–Crippen MR) is 80.5 cm³/mol. The Hall–Kier alpha value is -1.27. The summed E-state index contributed by atoms with van der Waals surface area (Å²) in [5.74, 6) is 1.11. The summed E-state index contributed by atoms with van der Waals surface area (Å²) in [6.45, 7) is 10.2. The first-order valence-electron chi connectivity index (χ1n) is 6.90. The summed E-state index contributed by atoms with van der Waals surface area (Å²) in [5, 5.41) is 0. The van der Waals surface area contributed by atoms with Crippen LogP contribution in [-0.4, -0.2) is 27.6 Å². The van der Waals surface area contributed by atoms with Crippen LogP contribution in [0.15, 0.2) is 6.07 Å². The van der Waals surface area contributed by atoms with Gasteiger partial charge in [0.1, 0.15) is 11.5 Å². The van der Waals surface area contributed by atoms with E-state index >= 15 is 0 Å². The molecule has 1 heterocycles. The highest BCUT2D eigenvalue weighted by Crippen LogP contribution is 2.48. The van der Waals surface area contributed by atoms with Gasteiger partial charge in [-0.3, -0.25) is 0 Å². The molecule has 1 aromatic rings. The molecule has 0 N–H and O–H groups in total. The second-order valence-electron chi connectivity index (χ2n) is 5.92. The Morgan fingerprint density at radius 1 is 1.29 bits per heavy atom. The van der Waals surface area contributed by atoms with Crippen molar-refractivity contribution in [3.8, 4) is 11.5 Å². The van der Waals surface area contributed by atoms with Crippen molar-refractivity contribution < 1.29 is 22.1 Å². The third kappa shape index (κ3) is 2.87. The van der Waals surface area contributed by atoms with Crippen LogP contribution >= 0.6 is 0 Å². The number of hydrogen-bond donors (Lipinski definition) is 0. The maximum Gasteiger partial charge on any atom is 0.306 e. The van der Waals surface area contributed by atoms with Crippen LogP contribution in [0.1, 0.15) is 37.5 Å². The molecule has 118 valence electrons. The smallest absolute Gasteiger partial charge is 0.306 e. The molecule has 0 amide bonds. The Bertz CT molecular complexity index is 661. The lowest BCUT2D eigenvalue weighted by Crippen LogP contribution is -2.34. The number of ether oxygens (including phenoxy) is 2. The summed E-state index contributed by atoms with van der Waals surface area (Å²) >= 11 is 0. The van der Waals surface area contributed by atoms with Gasteiger partial charge in [0.15, 0.2) is 0 Å². The van der Waals surface area contributed by atoms with Crippen molar-refractivity contribution in [3.63, 3.8) is 0 Å². The van der Waals surface area contributed by atoms with Gasteiger partial charge in [-0.1, -0.05) is 0 Å². The third-order valence-electron chi connectivity index (χ3n) is 3.86. The molecule has 1 unspecified atom stereocenters. The van der Waals surface area contributed by atoms with E-state index in [9.17, 15) is 8.42 Å². The first kappa shape index (κ1) is 16.1. The van der Waals surface area contributed by atoms with E-state index in [0.29, 0.717) is 12.4 Å². The Kier molecular flexibility index (Phi) is 3.97. The fourth-order valence-electron chi connectivity index (χ4n) is 2.52. The second-order valence-corrected chi connectivity index (χ2v) is 7.49. The molecule has 2 rings (SSSR count). The summed E-state index contributed by atoms with van der Waals surface area (Å²) in [7, 11) is -3.57. The van der Waals surface area contributed by atoms with Gasteiger partial charge in [-0.15, -0.1) is 0 Å². The van der Waals surface area contributed by atoms with Gasteiger partial charge in [-0.25, -0.2) is 0 Å². The standard InChI is InChI=1S/C15H22O5S/c1-7-18-14-15(4,5)11-8-12(20-21(6,16)17)9(2)10(3)13(11)19-14/h8,14H,7H2,1-6H3. The van der Waals surface area contributed by atoms with Gasteiger partial charge >= 0.3 is 10.1 Å². The Morgan fingerprint density at radius 3 is 2.43 bits per heavy atom. The molecular weight excluding hydrogens is 292 g/mol. The third-order valence-corrected chi connectivity index (χ3v) is 4.34. The molecule has 0 saturated heterocycles. The topological polar surface area (TPSA) is 61.8 Å². The van der Waals surface area contributed by atoms with E-state index in [1.165, 1.54) is 0 Å². The fourth-order valence-corrected chi connectivity index (χ4v) is 3.02. The van der Waals surface area contributed by atoms with Gasteiger partial charge in [0, 0.05) is 12.2 Å². The Morgan fingerprint density at radius 2 is 1.90 bits per heavy atom. The van der Waals surface area contributed by atoms with Crippen molar-refractivity contribution in [2.45, 2.75) is 46.3 Å². The molecule has 1 aliphatic heterocycles. The lowest BCUT2D eigenvalue weighted by atomic mass is 9.84. The molecule has 0 aliphatic carbocycles. The molecule has 0 bridgehead atoms. The van der Waals surface area contributed by atoms with Gasteiger partial charge in [0.25, 0.3) is 0 Å². The number of rotatable bonds is 4. The van der Waals surface area contributed by atoms with Crippen LogP contribution in [0.25, 0.3) is 0 Å². The van der Waals surface area contributed by atoms with Crippen molar-refractivity contribution in [1.29, 1.82) is 0 Å². The van der Waals surface area contributed by atoms with E-state index in [2.05, 4.69) is 0 Å². The number of hydrogen-bond acceptors (Lipinski definition) is 5. The molecule has 1 aliphatic rings. The van der Waals surface area contributed by atoms with Crippen molar-refractivity contribution in [1.82, 2.24) is 0 Å². The van der Waals surface area contributed by atoms with Crippen molar-refractivity contribution in [2.24, 2.45) is 0 Å². The molecule has 1 aromatic carbocycles. The van der Waals surface area contributed by atoms with Gasteiger partial charge in [0.05, 0.1) is 11.7 Å². The zero-order valence-electron chi connectivity index (χ0n) is 13.3. The van der Waals surface area contributed by atoms with Gasteiger partial charge < -0.3 is 13.7 Å². The van der Waals surface area contributed by atoms with E-state index in [-0.39, 0.29) is 11.7 Å². The van der Waals surface area contributed by atoms with Crippen LogP contribution in [0.5, 0.6) is 11.5 Å². The average Bonchev–Trinajstić information content (AvgIpc) is 2.58. The van der Waals surface area contributed by atoms with Crippen molar-refractivity contribution >= 4 is 10.1 Å². The highest BCUT2D eigenvalue weighted by Gasteiger charge is 2.44. The summed E-state index contributed by atoms with van der Waals surface area (Å²) in [6, 6.07) is 1.75. The molecule has 0 spiro atoms. The first-order chi connectivity index (χ1) is 9.58. The molecule has 0 radical (unpaired) electrons. The lowest BCUT2D eigenvalue weighted by Gasteiger charge is -2.25. The zero-order chi connectivity index (χ0) is 16.0. The minimum absolute atomic E-state index is 0.350. The maximum absolute atomic E-state index is 11.4. The highest BCUT2D eigenvalue weighted by atomic mass is 32.2. The van der Waals surface area contributed by atoms with E-state index in [1.807, 2.05) is 34.6 Å². The molecule has 21 heavy (non-hydrogen) atoms. The van der Waals surface area contributed by atoms with Gasteiger partial charge in [0.2, 0.25) is 6.29 Å². The summed E-state index contributed by atoms with van der Waals surface area (Å²) in [5.41, 5.74) is 2.16. The molecule has 5 nitrogen and oxygen atoms in total. The van der Waals surface area contributed by atoms with Gasteiger partial charge in [-0.2, -0.15) is 8.42 Å². The van der Waals surface area contributed by atoms with Crippen molar-refractivity contribution in [2.75, 3.05) is 12.9 Å². The van der Waals surface area contributed by atoms with Crippen LogP contribution in [0.2, 0.25) is 0 Å². The maximum atomic E-state index is 11.4. The molecular formula is C15H22O5S. The summed E-state index contributed by atoms with van der Waals surface area (Å²) < 4.78 is 39.5. The van der Waals surface area contributed by atoms with E-state index in [1.54, 1.807) is 6.07 Å². The summed E-state index contributed by atoms with van der Waals surface area (Å²) in [4.78, 5) is 0. The molecule has 0 fully saturated rings. The predicted octanol–water partition coefficient (Wildman–Crippen LogP) is 2.67. The zero-order valence-corrected chi connectivity index (χ0v) is 14.1. The Labute approximate surface area is 126 Å². The SMILES string of the molecule is CCOC1Oc2c(cc(OS(C)(=O)=O)c(C)c2C)C1(C)C. The molecule has 0 saturated carbocycles. The van der Waals surface area contributed by atoms with Crippen LogP contribution in [0, 0.1) is 13.8 Å². The fraction of sp³-hybridized carbons (Fsp3) is 0.600. The normalized spacial score (nSPS) is 20.0. The number of benzene rings is 1. The minimum atomic E-state index is -3.57. The second kappa shape index (κ2) is 5.18. The number of fused-ring (bicyclic) bond motifs is 1. The molecule has 0 aromatic heterocycles. The van der Waals surface area contributed by atoms with Gasteiger partial charge in [-0.05, 0) is 51.8 Å². The van der Waals surface area contributed by atoms with Crippen LogP contribution in [0.4, 0.5) is 0 Å². The van der Waals surface area contributed by atoms with Crippen molar-refractivity contribution in [3.05, 3.63) is 22.8 Å². The monoisotopic (exact) mass is 314 g/mol. The molecule has 6 heteroatoms. The van der Waals surface area contributed by atoms with E-state index in [4.69, 9.17) is 13.7 Å². The lowest BCUT2D eigenvalue weighted by molar-refractivity contribution is -0.0983. The van der Waals surface area contributed by atoms with E-state index < -0.39 is 10.1 Å². The highest BCUT2D eigenvalue weighted by molar-refractivity contribution is 7.86. The average molecular weight is 314 g/mol. The summed E-state index contributed by atoms with van der Waals surface area (Å²) in [6.07, 6.45) is 0.656. The largest absolute Gasteiger partial charge is 0.463 e. The van der Waals surface area contributed by atoms with Crippen LogP contribution < -0.4 is 8.92 Å². The van der Waals surface area contributed by atoms with E-state index in [0.717, 1.165) is 28.7 Å². The first-order valence-corrected chi connectivity index (χ1v) is 8.72. The Balaban J connectivity index is 2.56. The molecule has 1 atom stereocenters.